The molecule has 0 aliphatic carbocycles. The summed E-state index contributed by atoms with van der Waals surface area (Å²) < 4.78 is 5.00. The molecule has 0 atom stereocenters. The molecule has 1 heterocycles. The van der Waals surface area contributed by atoms with Crippen LogP contribution in [0.3, 0.4) is 0 Å². The SMILES string of the molecule is O=C(NCc1ccco1)C(=O)N(CCO)CCO. The lowest BCUT2D eigenvalue weighted by Gasteiger charge is -2.19. The summed E-state index contributed by atoms with van der Waals surface area (Å²) in [4.78, 5) is 24.2. The van der Waals surface area contributed by atoms with Crippen molar-refractivity contribution in [1.29, 1.82) is 0 Å². The predicted molar refractivity (Wildman–Crippen MR) is 61.3 cm³/mol. The Morgan fingerprint density at radius 3 is 2.44 bits per heavy atom. The molecule has 7 nitrogen and oxygen atoms in total. The third-order valence-corrected chi connectivity index (χ3v) is 2.22. The highest BCUT2D eigenvalue weighted by Crippen LogP contribution is 1.99. The van der Waals surface area contributed by atoms with Gasteiger partial charge in [0.1, 0.15) is 5.76 Å². The molecule has 0 aliphatic heterocycles. The minimum absolute atomic E-state index is 0.00751. The Bertz CT molecular complexity index is 371. The average Bonchev–Trinajstić information content (AvgIpc) is 2.88. The van der Waals surface area contributed by atoms with Crippen molar-refractivity contribution in [2.24, 2.45) is 0 Å². The average molecular weight is 256 g/mol. The normalized spacial score (nSPS) is 10.1. The van der Waals surface area contributed by atoms with Gasteiger partial charge in [-0.3, -0.25) is 9.59 Å². The van der Waals surface area contributed by atoms with Gasteiger partial charge in [0.15, 0.2) is 0 Å². The third kappa shape index (κ3) is 4.19. The summed E-state index contributed by atoms with van der Waals surface area (Å²) in [6.07, 6.45) is 1.47. The monoisotopic (exact) mass is 256 g/mol. The van der Waals surface area contributed by atoms with E-state index in [0.29, 0.717) is 5.76 Å². The van der Waals surface area contributed by atoms with Crippen molar-refractivity contribution in [3.05, 3.63) is 24.2 Å². The molecule has 1 aromatic heterocycles. The first-order chi connectivity index (χ1) is 8.69. The summed E-state index contributed by atoms with van der Waals surface area (Å²) in [5.41, 5.74) is 0. The summed E-state index contributed by atoms with van der Waals surface area (Å²) in [5.74, 6) is -1.05. The fraction of sp³-hybridized carbons (Fsp3) is 0.455. The topological polar surface area (TPSA) is 103 Å². The number of aliphatic hydroxyl groups excluding tert-OH is 2. The van der Waals surface area contributed by atoms with E-state index in [9.17, 15) is 9.59 Å². The highest BCUT2D eigenvalue weighted by atomic mass is 16.3. The molecule has 0 aromatic carbocycles. The summed E-state index contributed by atoms with van der Waals surface area (Å²) in [6.45, 7) is -0.404. The van der Waals surface area contributed by atoms with Gasteiger partial charge >= 0.3 is 11.8 Å². The maximum Gasteiger partial charge on any atom is 0.312 e. The van der Waals surface area contributed by atoms with Crippen LogP contribution >= 0.6 is 0 Å². The number of hydrogen-bond acceptors (Lipinski definition) is 5. The van der Waals surface area contributed by atoms with Gasteiger partial charge < -0.3 is 24.8 Å². The molecule has 0 spiro atoms. The summed E-state index contributed by atoms with van der Waals surface area (Å²) in [5, 5.41) is 19.9. The minimum Gasteiger partial charge on any atom is -0.467 e. The highest BCUT2D eigenvalue weighted by molar-refractivity contribution is 6.34. The van der Waals surface area contributed by atoms with Gasteiger partial charge in [-0.05, 0) is 12.1 Å². The molecular formula is C11H16N2O5. The molecule has 18 heavy (non-hydrogen) atoms. The quantitative estimate of drug-likeness (QED) is 0.549. The Morgan fingerprint density at radius 2 is 1.94 bits per heavy atom. The van der Waals surface area contributed by atoms with E-state index in [1.807, 2.05) is 0 Å². The maximum absolute atomic E-state index is 11.6. The molecule has 0 saturated heterocycles. The number of rotatable bonds is 6. The van der Waals surface area contributed by atoms with E-state index < -0.39 is 11.8 Å². The number of hydrogen-bond donors (Lipinski definition) is 3. The minimum atomic E-state index is -0.798. The summed E-state index contributed by atoms with van der Waals surface area (Å²) in [7, 11) is 0. The molecule has 0 fully saturated rings. The van der Waals surface area contributed by atoms with E-state index in [4.69, 9.17) is 14.6 Å². The molecule has 3 N–H and O–H groups in total. The van der Waals surface area contributed by atoms with Crippen LogP contribution in [0, 0.1) is 0 Å². The number of nitrogens with zero attached hydrogens (tertiary/aromatic N) is 1. The second-order valence-electron chi connectivity index (χ2n) is 3.50. The summed E-state index contributed by atoms with van der Waals surface area (Å²) >= 11 is 0. The number of carbonyl (C=O) groups is 2. The van der Waals surface area contributed by atoms with Crippen LogP contribution in [0.2, 0.25) is 0 Å². The highest BCUT2D eigenvalue weighted by Gasteiger charge is 2.20. The van der Waals surface area contributed by atoms with Crippen molar-refractivity contribution in [2.75, 3.05) is 26.3 Å². The predicted octanol–water partition coefficient (Wildman–Crippen LogP) is -1.29. The van der Waals surface area contributed by atoms with E-state index in [0.717, 1.165) is 4.90 Å². The van der Waals surface area contributed by atoms with Gasteiger partial charge in [-0.25, -0.2) is 0 Å². The number of amides is 2. The van der Waals surface area contributed by atoms with Gasteiger partial charge in [-0.1, -0.05) is 0 Å². The lowest BCUT2D eigenvalue weighted by Crippen LogP contribution is -2.45. The van der Waals surface area contributed by atoms with Crippen LogP contribution in [-0.2, 0) is 16.1 Å². The number of aliphatic hydroxyl groups is 2. The van der Waals surface area contributed by atoms with Crippen molar-refractivity contribution in [3.63, 3.8) is 0 Å². The molecule has 0 bridgehead atoms. The zero-order valence-electron chi connectivity index (χ0n) is 9.83. The van der Waals surface area contributed by atoms with Crippen LogP contribution in [0.15, 0.2) is 22.8 Å². The fourth-order valence-corrected chi connectivity index (χ4v) is 1.36. The van der Waals surface area contributed by atoms with E-state index in [2.05, 4.69) is 5.32 Å². The van der Waals surface area contributed by atoms with Crippen molar-refractivity contribution < 1.29 is 24.2 Å². The number of carbonyl (C=O) groups excluding carboxylic acids is 2. The first-order valence-electron chi connectivity index (χ1n) is 5.50. The largest absolute Gasteiger partial charge is 0.467 e. The molecule has 0 saturated carbocycles. The second kappa shape index (κ2) is 7.46. The zero-order chi connectivity index (χ0) is 13.4. The van der Waals surface area contributed by atoms with Crippen LogP contribution in [0.1, 0.15) is 5.76 Å². The molecule has 0 aliphatic rings. The van der Waals surface area contributed by atoms with Gasteiger partial charge in [0.2, 0.25) is 0 Å². The lowest BCUT2D eigenvalue weighted by molar-refractivity contribution is -0.146. The number of nitrogens with one attached hydrogen (secondary N) is 1. The molecule has 1 aromatic rings. The van der Waals surface area contributed by atoms with Crippen molar-refractivity contribution in [2.45, 2.75) is 6.54 Å². The molecule has 7 heteroatoms. The van der Waals surface area contributed by atoms with Crippen LogP contribution in [-0.4, -0.2) is 53.2 Å². The first-order valence-corrected chi connectivity index (χ1v) is 5.50. The van der Waals surface area contributed by atoms with Crippen LogP contribution < -0.4 is 5.32 Å². The van der Waals surface area contributed by atoms with Crippen molar-refractivity contribution in [1.82, 2.24) is 10.2 Å². The number of furan rings is 1. The van der Waals surface area contributed by atoms with Gasteiger partial charge in [0, 0.05) is 13.1 Å². The first kappa shape index (κ1) is 14.2. The maximum atomic E-state index is 11.6. The van der Waals surface area contributed by atoms with E-state index in [-0.39, 0.29) is 32.8 Å². The molecule has 0 radical (unpaired) electrons. The van der Waals surface area contributed by atoms with Gasteiger partial charge in [-0.2, -0.15) is 0 Å². The molecular weight excluding hydrogens is 240 g/mol. The van der Waals surface area contributed by atoms with Crippen LogP contribution in [0.4, 0.5) is 0 Å². The van der Waals surface area contributed by atoms with Gasteiger partial charge in [0.05, 0.1) is 26.0 Å². The van der Waals surface area contributed by atoms with E-state index in [1.165, 1.54) is 6.26 Å². The van der Waals surface area contributed by atoms with Crippen molar-refractivity contribution in [3.8, 4) is 0 Å². The Kier molecular flexibility index (Phi) is 5.89. The van der Waals surface area contributed by atoms with Crippen molar-refractivity contribution >= 4 is 11.8 Å². The smallest absolute Gasteiger partial charge is 0.312 e. The van der Waals surface area contributed by atoms with E-state index in [1.54, 1.807) is 12.1 Å². The standard InChI is InChI=1S/C11H16N2O5/c14-5-3-13(4-6-15)11(17)10(16)12-8-9-2-1-7-18-9/h1-2,7,14-15H,3-6,8H2,(H,12,16). The Hall–Kier alpha value is -1.86. The summed E-state index contributed by atoms with van der Waals surface area (Å²) in [6, 6.07) is 3.34. The van der Waals surface area contributed by atoms with Crippen LogP contribution in [0.25, 0.3) is 0 Å². The second-order valence-corrected chi connectivity index (χ2v) is 3.50. The fourth-order valence-electron chi connectivity index (χ4n) is 1.36. The Balaban J connectivity index is 2.45. The zero-order valence-corrected chi connectivity index (χ0v) is 9.83. The lowest BCUT2D eigenvalue weighted by atomic mass is 10.4. The third-order valence-electron chi connectivity index (χ3n) is 2.22. The molecule has 2 amide bonds. The molecule has 1 rings (SSSR count). The Morgan fingerprint density at radius 1 is 1.28 bits per heavy atom. The molecule has 0 unspecified atom stereocenters. The van der Waals surface area contributed by atoms with Gasteiger partial charge in [0.25, 0.3) is 0 Å². The Labute approximate surface area is 104 Å². The molecule has 100 valence electrons. The van der Waals surface area contributed by atoms with Crippen LogP contribution in [0.5, 0.6) is 0 Å². The van der Waals surface area contributed by atoms with E-state index >= 15 is 0 Å². The van der Waals surface area contributed by atoms with Gasteiger partial charge in [-0.15, -0.1) is 0 Å².